The van der Waals surface area contributed by atoms with Gasteiger partial charge >= 0.3 is 0 Å². The van der Waals surface area contributed by atoms with E-state index in [9.17, 15) is 13.2 Å². The predicted octanol–water partition coefficient (Wildman–Crippen LogP) is 2.94. The van der Waals surface area contributed by atoms with Crippen molar-refractivity contribution in [1.82, 2.24) is 9.62 Å². The SMILES string of the molecule is CCC[C@@H](C)CC(=O)N[C@H](C)c1ccc(S(=O)(=O)N(C)C)cc1. The monoisotopic (exact) mass is 340 g/mol. The Kier molecular flexibility index (Phi) is 7.22. The summed E-state index contributed by atoms with van der Waals surface area (Å²) in [7, 11) is -0.412. The molecule has 0 aromatic heterocycles. The zero-order chi connectivity index (χ0) is 17.6. The zero-order valence-corrected chi connectivity index (χ0v) is 15.5. The topological polar surface area (TPSA) is 66.5 Å². The summed E-state index contributed by atoms with van der Waals surface area (Å²) in [6, 6.07) is 6.50. The molecule has 1 amide bonds. The van der Waals surface area contributed by atoms with Gasteiger partial charge in [-0.25, -0.2) is 12.7 Å². The second kappa shape index (κ2) is 8.45. The van der Waals surface area contributed by atoms with Crippen LogP contribution < -0.4 is 5.32 Å². The summed E-state index contributed by atoms with van der Waals surface area (Å²) in [6.07, 6.45) is 2.63. The second-order valence-corrected chi connectivity index (χ2v) is 8.40. The molecule has 0 aliphatic heterocycles. The molecular weight excluding hydrogens is 312 g/mol. The summed E-state index contributed by atoms with van der Waals surface area (Å²) in [5.74, 6) is 0.406. The van der Waals surface area contributed by atoms with E-state index in [0.717, 1.165) is 18.4 Å². The number of hydrogen-bond donors (Lipinski definition) is 1. The van der Waals surface area contributed by atoms with E-state index < -0.39 is 10.0 Å². The van der Waals surface area contributed by atoms with Gasteiger partial charge in [0, 0.05) is 20.5 Å². The van der Waals surface area contributed by atoms with E-state index in [1.54, 1.807) is 24.3 Å². The molecule has 130 valence electrons. The van der Waals surface area contributed by atoms with Gasteiger partial charge in [0.1, 0.15) is 0 Å². The number of rotatable bonds is 8. The van der Waals surface area contributed by atoms with E-state index in [1.807, 2.05) is 6.92 Å². The van der Waals surface area contributed by atoms with Crippen LogP contribution in [0.3, 0.4) is 0 Å². The second-order valence-electron chi connectivity index (χ2n) is 6.24. The van der Waals surface area contributed by atoms with Crippen LogP contribution >= 0.6 is 0 Å². The molecular formula is C17H28N2O3S. The highest BCUT2D eigenvalue weighted by Gasteiger charge is 2.18. The average Bonchev–Trinajstić information content (AvgIpc) is 2.47. The number of carbonyl (C=O) groups is 1. The van der Waals surface area contributed by atoms with Gasteiger partial charge in [0.05, 0.1) is 10.9 Å². The average molecular weight is 340 g/mol. The van der Waals surface area contributed by atoms with E-state index >= 15 is 0 Å². The standard InChI is InChI=1S/C17H28N2O3S/c1-6-7-13(2)12-17(20)18-14(3)15-8-10-16(11-9-15)23(21,22)19(4)5/h8-11,13-14H,6-7,12H2,1-5H3,(H,18,20)/t13-,14-/m1/s1. The first-order chi connectivity index (χ1) is 10.7. The van der Waals surface area contributed by atoms with Crippen molar-refractivity contribution in [3.8, 4) is 0 Å². The van der Waals surface area contributed by atoms with Crippen LogP contribution in [0.15, 0.2) is 29.2 Å². The maximum Gasteiger partial charge on any atom is 0.242 e. The number of benzene rings is 1. The Labute approximate surface area is 140 Å². The summed E-state index contributed by atoms with van der Waals surface area (Å²) in [4.78, 5) is 12.3. The van der Waals surface area contributed by atoms with E-state index in [0.29, 0.717) is 12.3 Å². The van der Waals surface area contributed by atoms with E-state index in [2.05, 4.69) is 19.2 Å². The number of carbonyl (C=O) groups excluding carboxylic acids is 1. The first kappa shape index (κ1) is 19.6. The summed E-state index contributed by atoms with van der Waals surface area (Å²) < 4.78 is 25.2. The smallest absolute Gasteiger partial charge is 0.242 e. The quantitative estimate of drug-likeness (QED) is 0.791. The van der Waals surface area contributed by atoms with Gasteiger partial charge in [-0.2, -0.15) is 0 Å². The summed E-state index contributed by atoms with van der Waals surface area (Å²) in [6.45, 7) is 6.09. The summed E-state index contributed by atoms with van der Waals surface area (Å²) >= 11 is 0. The van der Waals surface area contributed by atoms with Crippen LogP contribution in [0.1, 0.15) is 51.6 Å². The number of hydrogen-bond acceptors (Lipinski definition) is 3. The van der Waals surface area contributed by atoms with Gasteiger partial charge in [-0.3, -0.25) is 4.79 Å². The molecule has 0 aliphatic carbocycles. The molecule has 0 unspecified atom stereocenters. The number of nitrogens with one attached hydrogen (secondary N) is 1. The molecule has 5 nitrogen and oxygen atoms in total. The maximum absolute atomic E-state index is 12.0. The van der Waals surface area contributed by atoms with Crippen LogP contribution in [0, 0.1) is 5.92 Å². The van der Waals surface area contributed by atoms with Crippen molar-refractivity contribution in [1.29, 1.82) is 0 Å². The molecule has 0 aliphatic rings. The van der Waals surface area contributed by atoms with Crippen molar-refractivity contribution in [2.45, 2.75) is 51.0 Å². The lowest BCUT2D eigenvalue weighted by molar-refractivity contribution is -0.122. The highest BCUT2D eigenvalue weighted by atomic mass is 32.2. The third kappa shape index (κ3) is 5.62. The molecule has 1 rings (SSSR count). The maximum atomic E-state index is 12.0. The minimum atomic E-state index is -3.42. The minimum absolute atomic E-state index is 0.0310. The van der Waals surface area contributed by atoms with Crippen LogP contribution in [0.2, 0.25) is 0 Å². The molecule has 0 radical (unpaired) electrons. The Morgan fingerprint density at radius 1 is 1.17 bits per heavy atom. The van der Waals surface area contributed by atoms with Gasteiger partial charge in [-0.05, 0) is 30.5 Å². The lowest BCUT2D eigenvalue weighted by Crippen LogP contribution is -2.28. The molecule has 2 atom stereocenters. The van der Waals surface area contributed by atoms with Gasteiger partial charge in [0.2, 0.25) is 15.9 Å². The Morgan fingerprint density at radius 2 is 1.74 bits per heavy atom. The van der Waals surface area contributed by atoms with Gasteiger partial charge in [-0.15, -0.1) is 0 Å². The van der Waals surface area contributed by atoms with Crippen molar-refractivity contribution >= 4 is 15.9 Å². The lowest BCUT2D eigenvalue weighted by atomic mass is 10.0. The minimum Gasteiger partial charge on any atom is -0.350 e. The normalized spacial score (nSPS) is 14.5. The number of amides is 1. The molecule has 0 bridgehead atoms. The van der Waals surface area contributed by atoms with Gasteiger partial charge in [-0.1, -0.05) is 38.8 Å². The lowest BCUT2D eigenvalue weighted by Gasteiger charge is -2.17. The Morgan fingerprint density at radius 3 is 2.22 bits per heavy atom. The van der Waals surface area contributed by atoms with Crippen LogP contribution in [0.4, 0.5) is 0 Å². The Balaban J connectivity index is 2.71. The van der Waals surface area contributed by atoms with Gasteiger partial charge in [0.25, 0.3) is 0 Å². The Bertz CT molecular complexity index is 609. The first-order valence-corrected chi connectivity index (χ1v) is 9.44. The van der Waals surface area contributed by atoms with Crippen molar-refractivity contribution in [2.75, 3.05) is 14.1 Å². The van der Waals surface area contributed by atoms with Crippen molar-refractivity contribution in [3.63, 3.8) is 0 Å². The molecule has 1 aromatic carbocycles. The van der Waals surface area contributed by atoms with Crippen molar-refractivity contribution in [2.24, 2.45) is 5.92 Å². The molecule has 0 saturated carbocycles. The fourth-order valence-corrected chi connectivity index (χ4v) is 3.34. The number of nitrogens with zero attached hydrogens (tertiary/aromatic N) is 1. The van der Waals surface area contributed by atoms with E-state index in [-0.39, 0.29) is 16.8 Å². The Hall–Kier alpha value is -1.40. The van der Waals surface area contributed by atoms with Crippen LogP contribution in [-0.4, -0.2) is 32.7 Å². The van der Waals surface area contributed by atoms with Gasteiger partial charge < -0.3 is 5.32 Å². The molecule has 23 heavy (non-hydrogen) atoms. The third-order valence-corrected chi connectivity index (χ3v) is 5.68. The molecule has 0 saturated heterocycles. The molecule has 6 heteroatoms. The van der Waals surface area contributed by atoms with Crippen LogP contribution in [0.25, 0.3) is 0 Å². The highest BCUT2D eigenvalue weighted by molar-refractivity contribution is 7.89. The third-order valence-electron chi connectivity index (χ3n) is 3.85. The highest BCUT2D eigenvalue weighted by Crippen LogP contribution is 2.19. The van der Waals surface area contributed by atoms with Crippen LogP contribution in [0.5, 0.6) is 0 Å². The van der Waals surface area contributed by atoms with Crippen molar-refractivity contribution < 1.29 is 13.2 Å². The first-order valence-electron chi connectivity index (χ1n) is 8.00. The van der Waals surface area contributed by atoms with Gasteiger partial charge in [0.15, 0.2) is 0 Å². The van der Waals surface area contributed by atoms with E-state index in [1.165, 1.54) is 18.4 Å². The molecule has 0 heterocycles. The fourth-order valence-electron chi connectivity index (χ4n) is 2.43. The number of sulfonamides is 1. The van der Waals surface area contributed by atoms with Crippen LogP contribution in [-0.2, 0) is 14.8 Å². The molecule has 0 fully saturated rings. The van der Waals surface area contributed by atoms with E-state index in [4.69, 9.17) is 0 Å². The molecule has 0 spiro atoms. The predicted molar refractivity (Wildman–Crippen MR) is 92.6 cm³/mol. The molecule has 1 N–H and O–H groups in total. The summed E-state index contributed by atoms with van der Waals surface area (Å²) in [5.41, 5.74) is 0.888. The fraction of sp³-hybridized carbons (Fsp3) is 0.588. The summed E-state index contributed by atoms with van der Waals surface area (Å²) in [5, 5.41) is 2.97. The largest absolute Gasteiger partial charge is 0.350 e. The zero-order valence-electron chi connectivity index (χ0n) is 14.7. The molecule has 1 aromatic rings. The van der Waals surface area contributed by atoms with Crippen molar-refractivity contribution in [3.05, 3.63) is 29.8 Å².